The monoisotopic (exact) mass is 694 g/mol. The summed E-state index contributed by atoms with van der Waals surface area (Å²) < 4.78 is 38.8. The highest BCUT2D eigenvalue weighted by Gasteiger charge is 2.27. The van der Waals surface area contributed by atoms with Crippen LogP contribution in [0.1, 0.15) is 176 Å². The number of esters is 1. The van der Waals surface area contributed by atoms with Gasteiger partial charge in [-0.3, -0.25) is 4.55 Å². The maximum Gasteiger partial charge on any atom is 0.338 e. The van der Waals surface area contributed by atoms with E-state index in [1.807, 2.05) is 0 Å². The molecular weight excluding hydrogens is 631 g/mol. The number of rotatable bonds is 26. The van der Waals surface area contributed by atoms with Gasteiger partial charge in [0, 0.05) is 5.39 Å². The van der Waals surface area contributed by atoms with Crippen molar-refractivity contribution < 1.29 is 32.4 Å². The first-order valence-corrected chi connectivity index (χ1v) is 19.4. The van der Waals surface area contributed by atoms with E-state index >= 15 is 0 Å². The summed E-state index contributed by atoms with van der Waals surface area (Å²) in [5, 5.41) is 11.5. The predicted octanol–water partition coefficient (Wildman–Crippen LogP) is 9.64. The Morgan fingerprint density at radius 1 is 0.681 bits per heavy atom. The Bertz CT molecular complexity index is 1290. The molecule has 0 aromatic heterocycles. The summed E-state index contributed by atoms with van der Waals surface area (Å²) in [6, 6.07) is 6.08. The number of aromatic carboxylic acids is 1. The summed E-state index contributed by atoms with van der Waals surface area (Å²) >= 11 is 0. The molecular formula is C38H63O7PS. The van der Waals surface area contributed by atoms with Crippen molar-refractivity contribution in [2.24, 2.45) is 5.41 Å². The van der Waals surface area contributed by atoms with Gasteiger partial charge < -0.3 is 14.6 Å². The number of hydrogen-bond acceptors (Lipinski definition) is 6. The fourth-order valence-electron chi connectivity index (χ4n) is 6.64. The molecule has 1 unspecified atom stereocenters. The summed E-state index contributed by atoms with van der Waals surface area (Å²) in [6.07, 6.45) is 26.8. The van der Waals surface area contributed by atoms with E-state index in [0.29, 0.717) is 11.8 Å². The van der Waals surface area contributed by atoms with Crippen LogP contribution in [0.15, 0.2) is 35.2 Å². The van der Waals surface area contributed by atoms with E-state index in [1.165, 1.54) is 133 Å². The highest BCUT2D eigenvalue weighted by Crippen LogP contribution is 2.41. The largest absolute Gasteiger partial charge is 0.545 e. The quantitative estimate of drug-likeness (QED) is 0.0450. The average molecular weight is 695 g/mol. The topological polar surface area (TPSA) is 121 Å². The van der Waals surface area contributed by atoms with Crippen LogP contribution in [0.25, 0.3) is 10.8 Å². The number of hydrogen-bond donors (Lipinski definition) is 1. The lowest BCUT2D eigenvalue weighted by Gasteiger charge is -2.35. The average Bonchev–Trinajstić information content (AvgIpc) is 3.03. The Kier molecular flexibility index (Phi) is 21.4. The minimum Gasteiger partial charge on any atom is -0.545 e. The van der Waals surface area contributed by atoms with Gasteiger partial charge in [0.2, 0.25) is 0 Å². The van der Waals surface area contributed by atoms with Crippen LogP contribution in [0.4, 0.5) is 0 Å². The molecule has 47 heavy (non-hydrogen) atoms. The third-order valence-electron chi connectivity index (χ3n) is 9.43. The maximum atomic E-state index is 12.6. The molecule has 2 aromatic carbocycles. The molecule has 0 spiro atoms. The van der Waals surface area contributed by atoms with Gasteiger partial charge in [0.1, 0.15) is 4.90 Å². The lowest BCUT2D eigenvalue weighted by atomic mass is 9.71. The molecule has 0 aliphatic carbocycles. The first-order valence-electron chi connectivity index (χ1n) is 18.0. The minimum atomic E-state index is -4.65. The zero-order chi connectivity index (χ0) is 33.8. The van der Waals surface area contributed by atoms with Gasteiger partial charge in [-0.05, 0) is 76.6 Å². The van der Waals surface area contributed by atoms with Crippen LogP contribution in [-0.2, 0) is 14.9 Å². The second kappa shape index (κ2) is 23.4. The smallest absolute Gasteiger partial charge is 0.338 e. The lowest BCUT2D eigenvalue weighted by molar-refractivity contribution is -0.255. The number of carboxylic acid groups (broad SMARTS) is 1. The second-order valence-corrected chi connectivity index (χ2v) is 14.6. The fraction of sp³-hybridized carbons (Fsp3) is 0.684. The Hall–Kier alpha value is -2.02. The van der Waals surface area contributed by atoms with Crippen molar-refractivity contribution in [3.05, 3.63) is 41.5 Å². The van der Waals surface area contributed by atoms with Gasteiger partial charge in [-0.2, -0.15) is 8.42 Å². The van der Waals surface area contributed by atoms with Crippen LogP contribution in [0.2, 0.25) is 0 Å². The maximum absolute atomic E-state index is 12.6. The molecule has 0 radical (unpaired) electrons. The summed E-state index contributed by atoms with van der Waals surface area (Å²) in [5.41, 5.74) is 0.355. The van der Waals surface area contributed by atoms with E-state index in [1.54, 1.807) is 0 Å². The normalized spacial score (nSPS) is 11.8. The van der Waals surface area contributed by atoms with Gasteiger partial charge in [0.15, 0.2) is 0 Å². The SMILES string of the molecule is CCCCC(CCCC)(CCCC)CCCCCCCCCCCCCOC(=O)c1cc(S(=O)(=O)O)c2ccc(C(=O)[O-])cc2c1.[PH4+]. The van der Waals surface area contributed by atoms with Crippen molar-refractivity contribution in [3.63, 3.8) is 0 Å². The molecule has 1 N–H and O–H groups in total. The van der Waals surface area contributed by atoms with Crippen LogP contribution in [0.3, 0.4) is 0 Å². The van der Waals surface area contributed by atoms with Gasteiger partial charge in [-0.25, -0.2) is 4.79 Å². The fourth-order valence-corrected chi connectivity index (χ4v) is 7.38. The number of carboxylic acids is 1. The van der Waals surface area contributed by atoms with Crippen molar-refractivity contribution in [3.8, 4) is 0 Å². The molecule has 0 fully saturated rings. The Morgan fingerprint density at radius 3 is 1.60 bits per heavy atom. The van der Waals surface area contributed by atoms with Crippen molar-refractivity contribution in [2.45, 2.75) is 161 Å². The number of carbonyl (C=O) groups is 2. The second-order valence-electron chi connectivity index (χ2n) is 13.3. The highest BCUT2D eigenvalue weighted by molar-refractivity contribution is 7.86. The standard InChI is InChI=1S/C38H60O7S.H3P/c1-4-7-23-38(24-8-5-2,25-9-6-3)26-19-17-15-13-11-10-12-14-16-18-20-27-45-37(41)33-29-32-28-31(36(39)40)21-22-34(32)35(30-33)46(42,43)44;/h21-22,28-30H,4-20,23-27H2,1-3H3,(H,39,40)(H,42,43,44);1H3. The highest BCUT2D eigenvalue weighted by atomic mass is 32.2. The Balaban J connectivity index is 0.0000110. The summed E-state index contributed by atoms with van der Waals surface area (Å²) in [7, 11) is -4.65. The molecule has 0 saturated carbocycles. The van der Waals surface area contributed by atoms with Gasteiger partial charge in [-0.15, -0.1) is 0 Å². The molecule has 1 atom stereocenters. The molecule has 9 heteroatoms. The number of fused-ring (bicyclic) bond motifs is 1. The third kappa shape index (κ3) is 15.8. The van der Waals surface area contributed by atoms with Gasteiger partial charge in [-0.1, -0.05) is 136 Å². The molecule has 0 saturated heterocycles. The van der Waals surface area contributed by atoms with E-state index in [0.717, 1.165) is 25.3 Å². The minimum absolute atomic E-state index is 0. The van der Waals surface area contributed by atoms with Crippen LogP contribution in [0.5, 0.6) is 0 Å². The molecule has 0 aliphatic heterocycles. The van der Waals surface area contributed by atoms with E-state index in [2.05, 4.69) is 20.8 Å². The van der Waals surface area contributed by atoms with E-state index in [4.69, 9.17) is 4.74 Å². The van der Waals surface area contributed by atoms with Gasteiger partial charge in [0.05, 0.1) is 18.1 Å². The van der Waals surface area contributed by atoms with E-state index < -0.39 is 27.0 Å². The van der Waals surface area contributed by atoms with Crippen LogP contribution in [-0.4, -0.2) is 31.5 Å². The van der Waals surface area contributed by atoms with Crippen LogP contribution >= 0.6 is 9.90 Å². The van der Waals surface area contributed by atoms with Crippen molar-refractivity contribution >= 4 is 42.7 Å². The van der Waals surface area contributed by atoms with Crippen molar-refractivity contribution in [1.82, 2.24) is 0 Å². The van der Waals surface area contributed by atoms with Crippen molar-refractivity contribution in [2.75, 3.05) is 6.61 Å². The first-order chi connectivity index (χ1) is 22.1. The number of ether oxygens (including phenoxy) is 1. The summed E-state index contributed by atoms with van der Waals surface area (Å²) in [5.74, 6) is -2.16. The number of unbranched alkanes of at least 4 members (excludes halogenated alkanes) is 13. The molecule has 268 valence electrons. The third-order valence-corrected chi connectivity index (χ3v) is 10.3. The van der Waals surface area contributed by atoms with Crippen LogP contribution in [0, 0.1) is 5.41 Å². The predicted molar refractivity (Wildman–Crippen MR) is 197 cm³/mol. The zero-order valence-electron chi connectivity index (χ0n) is 29.7. The van der Waals surface area contributed by atoms with Crippen LogP contribution < -0.4 is 5.11 Å². The Morgan fingerprint density at radius 2 is 1.13 bits per heavy atom. The summed E-state index contributed by atoms with van der Waals surface area (Å²) in [6.45, 7) is 7.17. The lowest BCUT2D eigenvalue weighted by Crippen LogP contribution is -2.22. The molecule has 0 aliphatic rings. The first kappa shape index (κ1) is 43.0. The molecule has 0 bridgehead atoms. The van der Waals surface area contributed by atoms with Crippen molar-refractivity contribution in [1.29, 1.82) is 0 Å². The molecule has 2 aromatic rings. The summed E-state index contributed by atoms with van der Waals surface area (Å²) in [4.78, 5) is 23.4. The molecule has 2 rings (SSSR count). The van der Waals surface area contributed by atoms with Gasteiger partial charge in [0.25, 0.3) is 10.1 Å². The molecule has 0 amide bonds. The van der Waals surface area contributed by atoms with Gasteiger partial charge >= 0.3 is 5.97 Å². The number of benzene rings is 2. The zero-order valence-corrected chi connectivity index (χ0v) is 32.6. The molecule has 0 heterocycles. The van der Waals surface area contributed by atoms with E-state index in [9.17, 15) is 27.7 Å². The van der Waals surface area contributed by atoms with E-state index in [-0.39, 0.29) is 38.4 Å². The Labute approximate surface area is 288 Å². The number of carbonyl (C=O) groups excluding carboxylic acids is 2. The molecule has 7 nitrogen and oxygen atoms in total.